The molecule has 1 fully saturated rings. The smallest absolute Gasteiger partial charge is 0.0255 e. The third-order valence-electron chi connectivity index (χ3n) is 3.25. The molecule has 0 spiro atoms. The van der Waals surface area contributed by atoms with Gasteiger partial charge in [-0.05, 0) is 45.4 Å². The van der Waals surface area contributed by atoms with Crippen molar-refractivity contribution in [2.75, 3.05) is 0 Å². The van der Waals surface area contributed by atoms with Crippen LogP contribution in [0.25, 0.3) is 0 Å². The van der Waals surface area contributed by atoms with Crippen LogP contribution in [0, 0.1) is 0 Å². The van der Waals surface area contributed by atoms with E-state index in [0.717, 1.165) is 0 Å². The molecule has 12 heavy (non-hydrogen) atoms. The van der Waals surface area contributed by atoms with Crippen molar-refractivity contribution in [2.45, 2.75) is 57.0 Å². The van der Waals surface area contributed by atoms with Crippen LogP contribution in [0.1, 0.15) is 45.4 Å². The van der Waals surface area contributed by atoms with Crippen LogP contribution in [0.3, 0.4) is 0 Å². The van der Waals surface area contributed by atoms with E-state index < -0.39 is 0 Å². The number of allylic oxidation sites excluding steroid dienone is 1. The lowest BCUT2D eigenvalue weighted by Gasteiger charge is -2.42. The van der Waals surface area contributed by atoms with Crippen molar-refractivity contribution in [2.24, 2.45) is 0 Å². The normalized spacial score (nSPS) is 32.9. The summed E-state index contributed by atoms with van der Waals surface area (Å²) >= 11 is 0. The molecule has 1 N–H and O–H groups in total. The highest BCUT2D eigenvalue weighted by molar-refractivity contribution is 5.03. The molecule has 1 nitrogen and oxygen atoms in total. The van der Waals surface area contributed by atoms with Gasteiger partial charge in [0.15, 0.2) is 0 Å². The number of hydrogen-bond donors (Lipinski definition) is 1. The predicted molar refractivity (Wildman–Crippen MR) is 52.2 cm³/mol. The minimum Gasteiger partial charge on any atom is -0.305 e. The summed E-state index contributed by atoms with van der Waals surface area (Å²) in [4.78, 5) is 0. The Labute approximate surface area is 75.2 Å². The van der Waals surface area contributed by atoms with Gasteiger partial charge < -0.3 is 5.32 Å². The van der Waals surface area contributed by atoms with Gasteiger partial charge in [0.25, 0.3) is 0 Å². The largest absolute Gasteiger partial charge is 0.305 e. The summed E-state index contributed by atoms with van der Waals surface area (Å²) in [5, 5.41) is 3.74. The molecule has 0 amide bonds. The van der Waals surface area contributed by atoms with Crippen molar-refractivity contribution >= 4 is 0 Å². The first-order chi connectivity index (χ1) is 5.79. The van der Waals surface area contributed by atoms with Crippen molar-refractivity contribution < 1.29 is 0 Å². The van der Waals surface area contributed by atoms with Gasteiger partial charge in [0.05, 0.1) is 0 Å². The average molecular weight is 165 g/mol. The van der Waals surface area contributed by atoms with E-state index in [1.54, 1.807) is 0 Å². The Hall–Kier alpha value is -0.300. The van der Waals surface area contributed by atoms with Crippen LogP contribution in [0.5, 0.6) is 0 Å². The Kier molecular flexibility index (Phi) is 2.22. The maximum absolute atomic E-state index is 3.74. The molecule has 1 unspecified atom stereocenters. The highest BCUT2D eigenvalue weighted by Gasteiger charge is 2.32. The summed E-state index contributed by atoms with van der Waals surface area (Å²) in [5.41, 5.74) is 0.479. The molecule has 0 radical (unpaired) electrons. The van der Waals surface area contributed by atoms with Crippen molar-refractivity contribution in [3.63, 3.8) is 0 Å². The highest BCUT2D eigenvalue weighted by Crippen LogP contribution is 2.32. The molecule has 1 heteroatoms. The lowest BCUT2D eigenvalue weighted by Crippen LogP contribution is -2.52. The maximum atomic E-state index is 3.74. The summed E-state index contributed by atoms with van der Waals surface area (Å²) in [6.45, 7) is 2.36. The lowest BCUT2D eigenvalue weighted by molar-refractivity contribution is 0.191. The van der Waals surface area contributed by atoms with Crippen LogP contribution in [0.4, 0.5) is 0 Å². The third kappa shape index (κ3) is 1.71. The van der Waals surface area contributed by atoms with E-state index in [0.29, 0.717) is 11.6 Å². The quantitative estimate of drug-likeness (QED) is 0.620. The van der Waals surface area contributed by atoms with Crippen molar-refractivity contribution in [1.82, 2.24) is 5.32 Å². The average Bonchev–Trinajstić information content (AvgIpc) is 2.04. The molecule has 1 atom stereocenters. The molecule has 0 aromatic carbocycles. The Bertz CT molecular complexity index is 179. The SMILES string of the molecule is CC1(NC2C=CCCC2)CCC1. The molecule has 0 aromatic rings. The van der Waals surface area contributed by atoms with Crippen LogP contribution in [-0.2, 0) is 0 Å². The van der Waals surface area contributed by atoms with Crippen molar-refractivity contribution in [3.05, 3.63) is 12.2 Å². The van der Waals surface area contributed by atoms with Gasteiger partial charge in [-0.25, -0.2) is 0 Å². The fourth-order valence-corrected chi connectivity index (χ4v) is 2.23. The molecule has 0 saturated heterocycles. The Balaban J connectivity index is 1.85. The second-order valence-electron chi connectivity index (χ2n) is 4.52. The number of nitrogens with one attached hydrogen (secondary N) is 1. The zero-order valence-corrected chi connectivity index (χ0v) is 7.97. The first-order valence-corrected chi connectivity index (χ1v) is 5.23. The van der Waals surface area contributed by atoms with Gasteiger partial charge in [0.2, 0.25) is 0 Å². The van der Waals surface area contributed by atoms with Crippen LogP contribution in [0.15, 0.2) is 12.2 Å². The molecule has 1 saturated carbocycles. The molecule has 2 aliphatic carbocycles. The lowest BCUT2D eigenvalue weighted by atomic mass is 9.77. The van der Waals surface area contributed by atoms with Crippen LogP contribution < -0.4 is 5.32 Å². The maximum Gasteiger partial charge on any atom is 0.0255 e. The number of rotatable bonds is 2. The van der Waals surface area contributed by atoms with Gasteiger partial charge in [-0.15, -0.1) is 0 Å². The molecule has 0 aliphatic heterocycles. The summed E-state index contributed by atoms with van der Waals surface area (Å²) in [7, 11) is 0. The molecular formula is C11H19N. The van der Waals surface area contributed by atoms with Crippen molar-refractivity contribution in [3.8, 4) is 0 Å². The van der Waals surface area contributed by atoms with Gasteiger partial charge in [0, 0.05) is 11.6 Å². The number of hydrogen-bond acceptors (Lipinski definition) is 1. The molecule has 0 bridgehead atoms. The Morgan fingerprint density at radius 2 is 2.17 bits per heavy atom. The summed E-state index contributed by atoms with van der Waals surface area (Å²) < 4.78 is 0. The molecule has 68 valence electrons. The van der Waals surface area contributed by atoms with Crippen LogP contribution in [-0.4, -0.2) is 11.6 Å². The second-order valence-corrected chi connectivity index (χ2v) is 4.52. The first kappa shape index (κ1) is 8.31. The minimum atomic E-state index is 0.479. The van der Waals surface area contributed by atoms with E-state index in [1.807, 2.05) is 0 Å². The fourth-order valence-electron chi connectivity index (χ4n) is 2.23. The zero-order valence-electron chi connectivity index (χ0n) is 7.97. The van der Waals surface area contributed by atoms with E-state index in [9.17, 15) is 0 Å². The van der Waals surface area contributed by atoms with E-state index >= 15 is 0 Å². The first-order valence-electron chi connectivity index (χ1n) is 5.23. The van der Waals surface area contributed by atoms with Gasteiger partial charge >= 0.3 is 0 Å². The standard InChI is InChI=1S/C11H19N/c1-11(8-5-9-11)12-10-6-3-2-4-7-10/h3,6,10,12H,2,4-5,7-9H2,1H3. The van der Waals surface area contributed by atoms with Gasteiger partial charge in [-0.2, -0.15) is 0 Å². The minimum absolute atomic E-state index is 0.479. The fraction of sp³-hybridized carbons (Fsp3) is 0.818. The van der Waals surface area contributed by atoms with Gasteiger partial charge in [-0.3, -0.25) is 0 Å². The summed E-state index contributed by atoms with van der Waals surface area (Å²) in [6, 6.07) is 0.670. The summed E-state index contributed by atoms with van der Waals surface area (Å²) in [5.74, 6) is 0. The van der Waals surface area contributed by atoms with Crippen molar-refractivity contribution in [1.29, 1.82) is 0 Å². The predicted octanol–water partition coefficient (Wildman–Crippen LogP) is 2.63. The van der Waals surface area contributed by atoms with E-state index in [-0.39, 0.29) is 0 Å². The molecular weight excluding hydrogens is 146 g/mol. The monoisotopic (exact) mass is 165 g/mol. The topological polar surface area (TPSA) is 12.0 Å². The third-order valence-corrected chi connectivity index (χ3v) is 3.25. The molecule has 2 rings (SSSR count). The van der Waals surface area contributed by atoms with Gasteiger partial charge in [-0.1, -0.05) is 12.2 Å². The van der Waals surface area contributed by atoms with E-state index in [4.69, 9.17) is 0 Å². The van der Waals surface area contributed by atoms with Gasteiger partial charge in [0.1, 0.15) is 0 Å². The van der Waals surface area contributed by atoms with E-state index in [1.165, 1.54) is 38.5 Å². The van der Waals surface area contributed by atoms with E-state index in [2.05, 4.69) is 24.4 Å². The molecule has 0 heterocycles. The zero-order chi connectivity index (χ0) is 8.44. The Morgan fingerprint density at radius 1 is 1.33 bits per heavy atom. The van der Waals surface area contributed by atoms with Crippen LogP contribution >= 0.6 is 0 Å². The molecule has 2 aliphatic rings. The molecule has 0 aromatic heterocycles. The highest BCUT2D eigenvalue weighted by atomic mass is 15.0. The Morgan fingerprint density at radius 3 is 2.67 bits per heavy atom. The van der Waals surface area contributed by atoms with Crippen LogP contribution in [0.2, 0.25) is 0 Å². The summed E-state index contributed by atoms with van der Waals surface area (Å²) in [6.07, 6.45) is 12.8. The second kappa shape index (κ2) is 3.21.